The molecule has 0 radical (unpaired) electrons. The minimum atomic E-state index is 0.429. The van der Waals surface area contributed by atoms with Crippen molar-refractivity contribution < 1.29 is 0 Å². The van der Waals surface area contributed by atoms with Gasteiger partial charge in [-0.15, -0.1) is 0 Å². The lowest BCUT2D eigenvalue weighted by molar-refractivity contribution is 0.473. The zero-order valence-corrected chi connectivity index (χ0v) is 10.1. The van der Waals surface area contributed by atoms with E-state index in [-0.39, 0.29) is 0 Å². The quantitative estimate of drug-likeness (QED) is 0.805. The molecular formula is C12H21N3. The maximum absolute atomic E-state index is 4.45. The van der Waals surface area contributed by atoms with Gasteiger partial charge in [0.1, 0.15) is 5.82 Å². The fourth-order valence-corrected chi connectivity index (χ4v) is 1.53. The van der Waals surface area contributed by atoms with Crippen LogP contribution in [0.3, 0.4) is 0 Å². The molecule has 0 aliphatic rings. The molecule has 3 nitrogen and oxygen atoms in total. The lowest BCUT2D eigenvalue weighted by Gasteiger charge is -2.20. The predicted octanol–water partition coefficient (Wildman–Crippen LogP) is 2.28. The van der Waals surface area contributed by atoms with Crippen LogP contribution in [-0.2, 0) is 0 Å². The molecule has 3 heteroatoms. The third-order valence-corrected chi connectivity index (χ3v) is 2.73. The first-order valence-electron chi connectivity index (χ1n) is 5.68. The van der Waals surface area contributed by atoms with Crippen molar-refractivity contribution in [3.63, 3.8) is 0 Å². The van der Waals surface area contributed by atoms with Gasteiger partial charge in [0.05, 0.1) is 0 Å². The van der Waals surface area contributed by atoms with Gasteiger partial charge in [-0.1, -0.05) is 13.8 Å². The molecule has 0 saturated carbocycles. The van der Waals surface area contributed by atoms with Crippen LogP contribution in [-0.4, -0.2) is 22.6 Å². The van der Waals surface area contributed by atoms with E-state index in [0.29, 0.717) is 12.0 Å². The number of aromatic nitrogens is 2. The SMILES string of the molecule is CCCNC(C)C(C)c1ccnc(C)n1. The van der Waals surface area contributed by atoms with E-state index in [2.05, 4.69) is 36.1 Å². The van der Waals surface area contributed by atoms with Gasteiger partial charge in [-0.2, -0.15) is 0 Å². The summed E-state index contributed by atoms with van der Waals surface area (Å²) in [5.41, 5.74) is 1.12. The highest BCUT2D eigenvalue weighted by atomic mass is 14.9. The molecule has 1 N–H and O–H groups in total. The molecule has 0 bridgehead atoms. The lowest BCUT2D eigenvalue weighted by atomic mass is 9.99. The summed E-state index contributed by atoms with van der Waals surface area (Å²) in [5, 5.41) is 3.49. The average Bonchev–Trinajstić information content (AvgIpc) is 2.24. The largest absolute Gasteiger partial charge is 0.314 e. The van der Waals surface area contributed by atoms with Crippen LogP contribution in [0.1, 0.15) is 44.6 Å². The van der Waals surface area contributed by atoms with Crippen molar-refractivity contribution in [1.82, 2.24) is 15.3 Å². The third kappa shape index (κ3) is 3.59. The second kappa shape index (κ2) is 5.81. The Balaban J connectivity index is 2.62. The summed E-state index contributed by atoms with van der Waals surface area (Å²) in [6.07, 6.45) is 3.00. The Bertz CT molecular complexity index is 299. The van der Waals surface area contributed by atoms with E-state index >= 15 is 0 Å². The lowest BCUT2D eigenvalue weighted by Crippen LogP contribution is -2.31. The summed E-state index contributed by atoms with van der Waals surface area (Å²) in [6.45, 7) is 9.59. The summed E-state index contributed by atoms with van der Waals surface area (Å²) in [7, 11) is 0. The second-order valence-electron chi connectivity index (χ2n) is 4.06. The van der Waals surface area contributed by atoms with Crippen LogP contribution in [0, 0.1) is 6.92 Å². The average molecular weight is 207 g/mol. The third-order valence-electron chi connectivity index (χ3n) is 2.73. The Hall–Kier alpha value is -0.960. The van der Waals surface area contributed by atoms with Gasteiger partial charge in [0.25, 0.3) is 0 Å². The van der Waals surface area contributed by atoms with Crippen molar-refractivity contribution >= 4 is 0 Å². The summed E-state index contributed by atoms with van der Waals surface area (Å²) >= 11 is 0. The molecule has 0 saturated heterocycles. The maximum atomic E-state index is 4.45. The van der Waals surface area contributed by atoms with Crippen LogP contribution in [0.5, 0.6) is 0 Å². The van der Waals surface area contributed by atoms with Gasteiger partial charge in [-0.05, 0) is 32.9 Å². The molecule has 0 aromatic carbocycles. The number of rotatable bonds is 5. The summed E-state index contributed by atoms with van der Waals surface area (Å²) in [6, 6.07) is 2.46. The van der Waals surface area contributed by atoms with Gasteiger partial charge in [0, 0.05) is 23.9 Å². The number of aryl methyl sites for hydroxylation is 1. The van der Waals surface area contributed by atoms with Gasteiger partial charge in [0.15, 0.2) is 0 Å². The van der Waals surface area contributed by atoms with Gasteiger partial charge < -0.3 is 5.32 Å². The normalized spacial score (nSPS) is 14.9. The van der Waals surface area contributed by atoms with Crippen molar-refractivity contribution in [2.24, 2.45) is 0 Å². The van der Waals surface area contributed by atoms with E-state index in [1.54, 1.807) is 0 Å². The maximum Gasteiger partial charge on any atom is 0.125 e. The predicted molar refractivity (Wildman–Crippen MR) is 62.9 cm³/mol. The highest BCUT2D eigenvalue weighted by Gasteiger charge is 2.14. The molecule has 1 aromatic rings. The van der Waals surface area contributed by atoms with E-state index in [4.69, 9.17) is 0 Å². The van der Waals surface area contributed by atoms with E-state index in [1.807, 2.05) is 19.2 Å². The highest BCUT2D eigenvalue weighted by Crippen LogP contribution is 2.16. The Morgan fingerprint density at radius 3 is 2.73 bits per heavy atom. The van der Waals surface area contributed by atoms with E-state index < -0.39 is 0 Å². The van der Waals surface area contributed by atoms with Crippen LogP contribution in [0.4, 0.5) is 0 Å². The molecule has 0 amide bonds. The monoisotopic (exact) mass is 207 g/mol. The molecule has 0 spiro atoms. The molecule has 15 heavy (non-hydrogen) atoms. The minimum Gasteiger partial charge on any atom is -0.314 e. The summed E-state index contributed by atoms with van der Waals surface area (Å²) < 4.78 is 0. The topological polar surface area (TPSA) is 37.8 Å². The molecule has 1 heterocycles. The van der Waals surface area contributed by atoms with Gasteiger partial charge >= 0.3 is 0 Å². The first-order chi connectivity index (χ1) is 7.15. The number of nitrogens with one attached hydrogen (secondary N) is 1. The summed E-state index contributed by atoms with van der Waals surface area (Å²) in [5.74, 6) is 1.28. The molecule has 2 atom stereocenters. The smallest absolute Gasteiger partial charge is 0.125 e. The van der Waals surface area contributed by atoms with Crippen LogP contribution in [0.2, 0.25) is 0 Å². The van der Waals surface area contributed by atoms with E-state index in [9.17, 15) is 0 Å². The van der Waals surface area contributed by atoms with Crippen molar-refractivity contribution in [3.05, 3.63) is 23.8 Å². The molecule has 0 aliphatic carbocycles. The van der Waals surface area contributed by atoms with Gasteiger partial charge in [-0.3, -0.25) is 0 Å². The van der Waals surface area contributed by atoms with Crippen molar-refractivity contribution in [1.29, 1.82) is 0 Å². The van der Waals surface area contributed by atoms with Crippen LogP contribution in [0.25, 0.3) is 0 Å². The van der Waals surface area contributed by atoms with Gasteiger partial charge in [0.2, 0.25) is 0 Å². The fourth-order valence-electron chi connectivity index (χ4n) is 1.53. The molecule has 84 valence electrons. The fraction of sp³-hybridized carbons (Fsp3) is 0.667. The van der Waals surface area contributed by atoms with Crippen LogP contribution < -0.4 is 5.32 Å². The molecule has 1 aromatic heterocycles. The molecule has 1 rings (SSSR count). The zero-order valence-electron chi connectivity index (χ0n) is 10.1. The Morgan fingerprint density at radius 1 is 1.40 bits per heavy atom. The Morgan fingerprint density at radius 2 is 2.13 bits per heavy atom. The van der Waals surface area contributed by atoms with E-state index in [0.717, 1.165) is 18.1 Å². The van der Waals surface area contributed by atoms with Crippen LogP contribution >= 0.6 is 0 Å². The highest BCUT2D eigenvalue weighted by molar-refractivity contribution is 5.09. The number of hydrogen-bond acceptors (Lipinski definition) is 3. The minimum absolute atomic E-state index is 0.429. The van der Waals surface area contributed by atoms with Crippen molar-refractivity contribution in [2.45, 2.75) is 46.1 Å². The van der Waals surface area contributed by atoms with Crippen molar-refractivity contribution in [3.8, 4) is 0 Å². The first-order valence-corrected chi connectivity index (χ1v) is 5.68. The first kappa shape index (κ1) is 12.1. The summed E-state index contributed by atoms with van der Waals surface area (Å²) in [4.78, 5) is 8.56. The number of hydrogen-bond donors (Lipinski definition) is 1. The standard InChI is InChI=1S/C12H21N3/c1-5-7-13-10(3)9(2)12-6-8-14-11(4)15-12/h6,8-10,13H,5,7H2,1-4H3. The number of nitrogens with zero attached hydrogens (tertiary/aromatic N) is 2. The van der Waals surface area contributed by atoms with E-state index in [1.165, 1.54) is 6.42 Å². The Kier molecular flexibility index (Phi) is 4.69. The molecule has 0 aliphatic heterocycles. The molecule has 0 fully saturated rings. The Labute approximate surface area is 92.3 Å². The second-order valence-corrected chi connectivity index (χ2v) is 4.06. The molecular weight excluding hydrogens is 186 g/mol. The van der Waals surface area contributed by atoms with Crippen LogP contribution in [0.15, 0.2) is 12.3 Å². The molecule has 2 unspecified atom stereocenters. The zero-order chi connectivity index (χ0) is 11.3. The van der Waals surface area contributed by atoms with Crippen molar-refractivity contribution in [2.75, 3.05) is 6.54 Å². The van der Waals surface area contributed by atoms with Gasteiger partial charge in [-0.25, -0.2) is 9.97 Å².